The Morgan fingerprint density at radius 1 is 1.32 bits per heavy atom. The number of aromatic nitrogens is 1. The highest BCUT2D eigenvalue weighted by Gasteiger charge is 2.22. The van der Waals surface area contributed by atoms with Gasteiger partial charge in [-0.05, 0) is 12.6 Å². The van der Waals surface area contributed by atoms with Gasteiger partial charge < -0.3 is 15.5 Å². The molecule has 0 atom stereocenters. The number of carbonyl (C=O) groups excluding carboxylic acids is 1. The molecule has 1 aliphatic rings. The van der Waals surface area contributed by atoms with Crippen molar-refractivity contribution in [3.05, 3.63) is 24.0 Å². The molecule has 0 unspecified atom stereocenters. The molecule has 0 radical (unpaired) electrons. The number of likely N-dealkylation sites (N-methyl/N-ethyl adjacent to an activating group) is 1. The Morgan fingerprint density at radius 3 is 2.47 bits per heavy atom. The fourth-order valence-electron chi connectivity index (χ4n) is 2.02. The lowest BCUT2D eigenvalue weighted by molar-refractivity contribution is 0.0644. The SMILES string of the molecule is CCN1CCN(C(=O)c2cnccc2N)CC1.Cl.Cl. The molecule has 0 saturated carbocycles. The molecule has 5 nitrogen and oxygen atoms in total. The van der Waals surface area contributed by atoms with Crippen molar-refractivity contribution in [2.45, 2.75) is 6.92 Å². The second-order valence-corrected chi connectivity index (χ2v) is 4.19. The number of hydrogen-bond donors (Lipinski definition) is 1. The molecular weight excluding hydrogens is 287 g/mol. The van der Waals surface area contributed by atoms with E-state index in [0.29, 0.717) is 11.3 Å². The zero-order valence-corrected chi connectivity index (χ0v) is 12.5. The van der Waals surface area contributed by atoms with Crippen LogP contribution in [0.4, 0.5) is 5.69 Å². The third-order valence-electron chi connectivity index (χ3n) is 3.19. The number of halogens is 2. The molecule has 108 valence electrons. The summed E-state index contributed by atoms with van der Waals surface area (Å²) < 4.78 is 0. The molecule has 0 aromatic carbocycles. The smallest absolute Gasteiger partial charge is 0.257 e. The van der Waals surface area contributed by atoms with Gasteiger partial charge in [0, 0.05) is 44.3 Å². The Kier molecular flexibility index (Phi) is 7.75. The minimum atomic E-state index is -0.00801. The summed E-state index contributed by atoms with van der Waals surface area (Å²) in [5.74, 6) is -0.00801. The standard InChI is InChI=1S/C12H18N4O.2ClH/c1-2-15-5-7-16(8-6-15)12(17)10-9-14-4-3-11(10)13;;/h3-4,9H,2,5-8H2,1H3,(H2,13,14);2*1H. The normalized spacial score (nSPS) is 15.3. The van der Waals surface area contributed by atoms with Crippen LogP contribution in [0, 0.1) is 0 Å². The van der Waals surface area contributed by atoms with E-state index >= 15 is 0 Å². The van der Waals surface area contributed by atoms with E-state index in [2.05, 4.69) is 16.8 Å². The number of anilines is 1. The average Bonchev–Trinajstić information content (AvgIpc) is 2.39. The highest BCUT2D eigenvalue weighted by Crippen LogP contribution is 2.13. The Labute approximate surface area is 126 Å². The third-order valence-corrected chi connectivity index (χ3v) is 3.19. The summed E-state index contributed by atoms with van der Waals surface area (Å²) in [6, 6.07) is 1.66. The number of hydrogen-bond acceptors (Lipinski definition) is 4. The molecule has 1 saturated heterocycles. The van der Waals surface area contributed by atoms with Gasteiger partial charge in [-0.3, -0.25) is 9.78 Å². The topological polar surface area (TPSA) is 62.5 Å². The molecule has 0 spiro atoms. The van der Waals surface area contributed by atoms with E-state index < -0.39 is 0 Å². The Hall–Kier alpha value is -1.04. The van der Waals surface area contributed by atoms with E-state index in [-0.39, 0.29) is 30.7 Å². The zero-order chi connectivity index (χ0) is 12.3. The Morgan fingerprint density at radius 2 is 1.95 bits per heavy atom. The molecule has 1 amide bonds. The van der Waals surface area contributed by atoms with Gasteiger partial charge in [-0.25, -0.2) is 0 Å². The van der Waals surface area contributed by atoms with Crippen LogP contribution in [0.3, 0.4) is 0 Å². The number of rotatable bonds is 2. The monoisotopic (exact) mass is 306 g/mol. The predicted molar refractivity (Wildman–Crippen MR) is 81.2 cm³/mol. The van der Waals surface area contributed by atoms with Crippen LogP contribution in [0.1, 0.15) is 17.3 Å². The van der Waals surface area contributed by atoms with Gasteiger partial charge in [0.15, 0.2) is 0 Å². The summed E-state index contributed by atoms with van der Waals surface area (Å²) in [7, 11) is 0. The first-order chi connectivity index (χ1) is 8.22. The number of nitrogens with two attached hydrogens (primary N) is 1. The van der Waals surface area contributed by atoms with Gasteiger partial charge in [-0.15, -0.1) is 24.8 Å². The summed E-state index contributed by atoms with van der Waals surface area (Å²) in [5.41, 5.74) is 6.80. The second-order valence-electron chi connectivity index (χ2n) is 4.19. The molecule has 7 heteroatoms. The molecule has 2 heterocycles. The highest BCUT2D eigenvalue weighted by atomic mass is 35.5. The third kappa shape index (κ3) is 4.23. The Balaban J connectivity index is 0.00000162. The van der Waals surface area contributed by atoms with Gasteiger partial charge in [0.25, 0.3) is 5.91 Å². The number of amides is 1. The highest BCUT2D eigenvalue weighted by molar-refractivity contribution is 5.98. The largest absolute Gasteiger partial charge is 0.398 e. The lowest BCUT2D eigenvalue weighted by Crippen LogP contribution is -2.48. The molecule has 1 aliphatic heterocycles. The van der Waals surface area contributed by atoms with Crippen LogP contribution >= 0.6 is 24.8 Å². The van der Waals surface area contributed by atoms with Crippen molar-refractivity contribution in [2.75, 3.05) is 38.5 Å². The van der Waals surface area contributed by atoms with Crippen LogP contribution in [-0.4, -0.2) is 53.4 Å². The molecule has 1 aromatic rings. The maximum atomic E-state index is 12.2. The van der Waals surface area contributed by atoms with Crippen LogP contribution in [0.5, 0.6) is 0 Å². The zero-order valence-electron chi connectivity index (χ0n) is 10.9. The first kappa shape index (κ1) is 18.0. The van der Waals surface area contributed by atoms with Crippen LogP contribution in [-0.2, 0) is 0 Å². The van der Waals surface area contributed by atoms with Crippen molar-refractivity contribution < 1.29 is 4.79 Å². The molecule has 1 aromatic heterocycles. The summed E-state index contributed by atoms with van der Waals surface area (Å²) in [6.45, 7) is 6.57. The number of pyridine rings is 1. The van der Waals surface area contributed by atoms with Gasteiger partial charge in [0.2, 0.25) is 0 Å². The minimum absolute atomic E-state index is 0. The lowest BCUT2D eigenvalue weighted by atomic mass is 10.2. The van der Waals surface area contributed by atoms with Crippen molar-refractivity contribution in [3.63, 3.8) is 0 Å². The average molecular weight is 307 g/mol. The van der Waals surface area contributed by atoms with E-state index in [1.165, 1.54) is 0 Å². The summed E-state index contributed by atoms with van der Waals surface area (Å²) >= 11 is 0. The molecule has 2 rings (SSSR count). The van der Waals surface area contributed by atoms with Crippen molar-refractivity contribution in [1.82, 2.24) is 14.8 Å². The second kappa shape index (κ2) is 8.19. The molecule has 1 fully saturated rings. The first-order valence-electron chi connectivity index (χ1n) is 5.93. The number of piperazine rings is 1. The Bertz CT molecular complexity index is 408. The van der Waals surface area contributed by atoms with Crippen LogP contribution in [0.25, 0.3) is 0 Å². The van der Waals surface area contributed by atoms with E-state index in [1.54, 1.807) is 18.5 Å². The quantitative estimate of drug-likeness (QED) is 0.894. The minimum Gasteiger partial charge on any atom is -0.398 e. The van der Waals surface area contributed by atoms with Gasteiger partial charge in [0.1, 0.15) is 0 Å². The molecule has 19 heavy (non-hydrogen) atoms. The lowest BCUT2D eigenvalue weighted by Gasteiger charge is -2.34. The van der Waals surface area contributed by atoms with Crippen molar-refractivity contribution in [3.8, 4) is 0 Å². The molecule has 0 bridgehead atoms. The van der Waals surface area contributed by atoms with Crippen molar-refractivity contribution in [1.29, 1.82) is 0 Å². The summed E-state index contributed by atoms with van der Waals surface area (Å²) in [5, 5.41) is 0. The maximum absolute atomic E-state index is 12.2. The fraction of sp³-hybridized carbons (Fsp3) is 0.500. The van der Waals surface area contributed by atoms with E-state index in [1.807, 2.05) is 4.90 Å². The van der Waals surface area contributed by atoms with E-state index in [0.717, 1.165) is 32.7 Å². The predicted octanol–water partition coefficient (Wildman–Crippen LogP) is 1.29. The van der Waals surface area contributed by atoms with Gasteiger partial charge in [-0.2, -0.15) is 0 Å². The van der Waals surface area contributed by atoms with Crippen LogP contribution < -0.4 is 5.73 Å². The van der Waals surface area contributed by atoms with Crippen LogP contribution in [0.2, 0.25) is 0 Å². The van der Waals surface area contributed by atoms with Crippen LogP contribution in [0.15, 0.2) is 18.5 Å². The van der Waals surface area contributed by atoms with Gasteiger partial charge in [0.05, 0.1) is 5.56 Å². The van der Waals surface area contributed by atoms with Crippen molar-refractivity contribution in [2.24, 2.45) is 0 Å². The van der Waals surface area contributed by atoms with E-state index in [9.17, 15) is 4.79 Å². The maximum Gasteiger partial charge on any atom is 0.257 e. The summed E-state index contributed by atoms with van der Waals surface area (Å²) in [6.07, 6.45) is 3.14. The molecular formula is C12H20Cl2N4O. The van der Waals surface area contributed by atoms with Gasteiger partial charge >= 0.3 is 0 Å². The summed E-state index contributed by atoms with van der Waals surface area (Å²) in [4.78, 5) is 20.3. The fourth-order valence-corrected chi connectivity index (χ4v) is 2.02. The van der Waals surface area contributed by atoms with Crippen molar-refractivity contribution >= 4 is 36.4 Å². The van der Waals surface area contributed by atoms with Gasteiger partial charge in [-0.1, -0.05) is 6.92 Å². The molecule has 0 aliphatic carbocycles. The number of carbonyl (C=O) groups is 1. The molecule has 2 N–H and O–H groups in total. The number of nitrogens with zero attached hydrogens (tertiary/aromatic N) is 3. The first-order valence-corrected chi connectivity index (χ1v) is 5.93. The number of nitrogen functional groups attached to an aromatic ring is 1. The van der Waals surface area contributed by atoms with E-state index in [4.69, 9.17) is 5.73 Å².